The predicted molar refractivity (Wildman–Crippen MR) is 138 cm³/mol. The van der Waals surface area contributed by atoms with Crippen molar-refractivity contribution in [2.75, 3.05) is 24.4 Å². The van der Waals surface area contributed by atoms with Gasteiger partial charge in [0, 0.05) is 41.4 Å². The third kappa shape index (κ3) is 7.72. The molecule has 1 heterocycles. The van der Waals surface area contributed by atoms with Gasteiger partial charge in [-0.15, -0.1) is 11.8 Å². The molecule has 9 heteroatoms. The van der Waals surface area contributed by atoms with Gasteiger partial charge in [-0.3, -0.25) is 9.59 Å². The molecule has 3 rings (SSSR count). The fourth-order valence-corrected chi connectivity index (χ4v) is 4.76. The maximum absolute atomic E-state index is 13.7. The summed E-state index contributed by atoms with van der Waals surface area (Å²) in [5, 5.41) is 3.32. The maximum atomic E-state index is 13.7. The number of ketones is 1. The van der Waals surface area contributed by atoms with Gasteiger partial charge in [0.1, 0.15) is 11.6 Å². The van der Waals surface area contributed by atoms with Crippen molar-refractivity contribution in [3.05, 3.63) is 58.6 Å². The molecule has 1 N–H and O–H groups in total. The molecule has 1 atom stereocenters. The minimum absolute atomic E-state index is 0.0126. The van der Waals surface area contributed by atoms with Crippen molar-refractivity contribution in [2.24, 2.45) is 0 Å². The van der Waals surface area contributed by atoms with E-state index in [-0.39, 0.29) is 18.2 Å². The Balaban J connectivity index is 1.92. The Morgan fingerprint density at radius 2 is 1.89 bits per heavy atom. The second-order valence-corrected chi connectivity index (χ2v) is 10.8. The van der Waals surface area contributed by atoms with E-state index in [4.69, 9.17) is 21.1 Å². The van der Waals surface area contributed by atoms with Crippen molar-refractivity contribution in [3.63, 3.8) is 0 Å². The van der Waals surface area contributed by atoms with Gasteiger partial charge >= 0.3 is 6.09 Å². The third-order valence-electron chi connectivity index (χ3n) is 5.24. The number of fused-ring (bicyclic) bond motifs is 1. The highest BCUT2D eigenvalue weighted by Gasteiger charge is 2.33. The summed E-state index contributed by atoms with van der Waals surface area (Å²) in [6, 6.07) is 11.8. The van der Waals surface area contributed by atoms with Crippen LogP contribution >= 0.6 is 23.4 Å². The SMILES string of the molecule is COCCCC(=O)c1ccc2c(c1)N(Cc1ccc(Cl)cc1)C(=O)[C@@H](NC(=O)OC(C)(C)C)CS2. The molecule has 2 aromatic carbocycles. The van der Waals surface area contributed by atoms with Gasteiger partial charge in [0.2, 0.25) is 0 Å². The molecule has 1 aliphatic heterocycles. The molecule has 0 aliphatic carbocycles. The quantitative estimate of drug-likeness (QED) is 0.368. The molecule has 2 amide bonds. The summed E-state index contributed by atoms with van der Waals surface area (Å²) in [5.74, 6) is 0.0472. The number of carbonyl (C=O) groups excluding carboxylic acids is 3. The number of Topliss-reactive ketones (excluding diaryl/α,β-unsaturated/α-hetero) is 1. The van der Waals surface area contributed by atoms with E-state index in [1.54, 1.807) is 57.0 Å². The number of benzene rings is 2. The molecular weight excluding hydrogens is 488 g/mol. The van der Waals surface area contributed by atoms with Crippen molar-refractivity contribution in [1.29, 1.82) is 0 Å². The number of hydrogen-bond acceptors (Lipinski definition) is 6. The number of nitrogens with one attached hydrogen (secondary N) is 1. The van der Waals surface area contributed by atoms with E-state index >= 15 is 0 Å². The second-order valence-electron chi connectivity index (χ2n) is 9.26. The molecule has 2 aromatic rings. The van der Waals surface area contributed by atoms with Crippen molar-refractivity contribution in [3.8, 4) is 0 Å². The first-order valence-electron chi connectivity index (χ1n) is 11.4. The number of halogens is 1. The van der Waals surface area contributed by atoms with E-state index in [1.807, 2.05) is 18.2 Å². The van der Waals surface area contributed by atoms with Crippen molar-refractivity contribution >= 4 is 46.8 Å². The van der Waals surface area contributed by atoms with Crippen LogP contribution in [0.4, 0.5) is 10.5 Å². The van der Waals surface area contributed by atoms with Crippen molar-refractivity contribution in [2.45, 2.75) is 56.7 Å². The normalized spacial score (nSPS) is 15.9. The molecule has 0 saturated carbocycles. The lowest BCUT2D eigenvalue weighted by molar-refractivity contribution is -0.120. The van der Waals surface area contributed by atoms with Gasteiger partial charge in [-0.1, -0.05) is 29.8 Å². The summed E-state index contributed by atoms with van der Waals surface area (Å²) in [5.41, 5.74) is 1.36. The van der Waals surface area contributed by atoms with Crippen LogP contribution < -0.4 is 10.2 Å². The van der Waals surface area contributed by atoms with Crippen molar-refractivity contribution in [1.82, 2.24) is 5.32 Å². The van der Waals surface area contributed by atoms with Crippen LogP contribution in [0, 0.1) is 0 Å². The molecule has 0 aromatic heterocycles. The minimum Gasteiger partial charge on any atom is -0.444 e. The average molecular weight is 519 g/mol. The van der Waals surface area contributed by atoms with E-state index in [9.17, 15) is 14.4 Å². The number of alkyl carbamates (subject to hydrolysis) is 1. The molecular formula is C26H31ClN2O5S. The number of rotatable bonds is 8. The van der Waals surface area contributed by atoms with Gasteiger partial charge in [-0.2, -0.15) is 0 Å². The van der Waals surface area contributed by atoms with Gasteiger partial charge in [0.25, 0.3) is 5.91 Å². The largest absolute Gasteiger partial charge is 0.444 e. The van der Waals surface area contributed by atoms with Crippen LogP contribution in [0.1, 0.15) is 49.5 Å². The van der Waals surface area contributed by atoms with Crippen LogP contribution in [0.15, 0.2) is 47.4 Å². The Labute approximate surface area is 215 Å². The third-order valence-corrected chi connectivity index (χ3v) is 6.65. The molecule has 35 heavy (non-hydrogen) atoms. The molecule has 188 valence electrons. The lowest BCUT2D eigenvalue weighted by atomic mass is 10.0. The lowest BCUT2D eigenvalue weighted by Gasteiger charge is -2.27. The first-order valence-corrected chi connectivity index (χ1v) is 12.8. The van der Waals surface area contributed by atoms with Crippen LogP contribution in [0.5, 0.6) is 0 Å². The zero-order valence-corrected chi connectivity index (χ0v) is 22.0. The van der Waals surface area contributed by atoms with Gasteiger partial charge in [-0.05, 0) is 57.0 Å². The van der Waals surface area contributed by atoms with Crippen LogP contribution in [0.3, 0.4) is 0 Å². The number of amides is 2. The Hall–Kier alpha value is -2.55. The van der Waals surface area contributed by atoms with E-state index < -0.39 is 17.7 Å². The van der Waals surface area contributed by atoms with Crippen LogP contribution in [0.25, 0.3) is 0 Å². The van der Waals surface area contributed by atoms with E-state index in [2.05, 4.69) is 5.32 Å². The Kier molecular flexibility index (Phi) is 9.21. The van der Waals surface area contributed by atoms with Crippen LogP contribution in [-0.4, -0.2) is 48.9 Å². The Bertz CT molecular complexity index is 1070. The summed E-state index contributed by atoms with van der Waals surface area (Å²) in [7, 11) is 1.60. The summed E-state index contributed by atoms with van der Waals surface area (Å²) < 4.78 is 10.4. The highest BCUT2D eigenvalue weighted by atomic mass is 35.5. The van der Waals surface area contributed by atoms with Crippen LogP contribution in [0.2, 0.25) is 5.02 Å². The Morgan fingerprint density at radius 1 is 1.17 bits per heavy atom. The van der Waals surface area contributed by atoms with Gasteiger partial charge in [-0.25, -0.2) is 4.79 Å². The Morgan fingerprint density at radius 3 is 2.54 bits per heavy atom. The summed E-state index contributed by atoms with van der Waals surface area (Å²) in [4.78, 5) is 41.4. The van der Waals surface area contributed by atoms with Gasteiger partial charge in [0.05, 0.1) is 12.2 Å². The fourth-order valence-electron chi connectivity index (χ4n) is 3.59. The second kappa shape index (κ2) is 11.9. The molecule has 0 radical (unpaired) electrons. The van der Waals surface area contributed by atoms with Gasteiger partial charge < -0.3 is 19.7 Å². The molecule has 0 bridgehead atoms. The summed E-state index contributed by atoms with van der Waals surface area (Å²) >= 11 is 7.49. The molecule has 0 spiro atoms. The number of thioether (sulfide) groups is 1. The summed E-state index contributed by atoms with van der Waals surface area (Å²) in [6.07, 6.45) is 0.326. The summed E-state index contributed by atoms with van der Waals surface area (Å²) in [6.45, 7) is 6.07. The highest BCUT2D eigenvalue weighted by molar-refractivity contribution is 7.99. The topological polar surface area (TPSA) is 84.9 Å². The molecule has 0 fully saturated rings. The molecule has 1 aliphatic rings. The first kappa shape index (κ1) is 27.0. The van der Waals surface area contributed by atoms with Crippen molar-refractivity contribution < 1.29 is 23.9 Å². The zero-order chi connectivity index (χ0) is 25.6. The van der Waals surface area contributed by atoms with Gasteiger partial charge in [0.15, 0.2) is 5.78 Å². The predicted octanol–water partition coefficient (Wildman–Crippen LogP) is 5.48. The number of anilines is 1. The standard InChI is InChI=1S/C26H31ClN2O5S/c1-26(2,3)34-25(32)28-20-16-35-23-12-9-18(22(30)6-5-13-33-4)14-21(23)29(24(20)31)15-17-7-10-19(27)11-8-17/h7-12,14,20H,5-6,13,15-16H2,1-4H3,(H,28,32)/t20-/m0/s1. The highest BCUT2D eigenvalue weighted by Crippen LogP contribution is 2.36. The minimum atomic E-state index is -0.796. The zero-order valence-electron chi connectivity index (χ0n) is 20.4. The average Bonchev–Trinajstić information content (AvgIpc) is 2.91. The number of nitrogens with zero attached hydrogens (tertiary/aromatic N) is 1. The molecule has 0 unspecified atom stereocenters. The smallest absolute Gasteiger partial charge is 0.408 e. The fraction of sp³-hybridized carbons (Fsp3) is 0.423. The number of carbonyl (C=O) groups is 3. The monoisotopic (exact) mass is 518 g/mol. The molecule has 0 saturated heterocycles. The number of methoxy groups -OCH3 is 1. The number of hydrogen-bond donors (Lipinski definition) is 1. The van der Waals surface area contributed by atoms with E-state index in [0.717, 1.165) is 10.5 Å². The lowest BCUT2D eigenvalue weighted by Crippen LogP contribution is -2.50. The van der Waals surface area contributed by atoms with E-state index in [0.29, 0.717) is 41.5 Å². The van der Waals surface area contributed by atoms with E-state index in [1.165, 1.54) is 11.8 Å². The maximum Gasteiger partial charge on any atom is 0.408 e. The van der Waals surface area contributed by atoms with Crippen LogP contribution in [-0.2, 0) is 20.8 Å². The first-order chi connectivity index (χ1) is 16.6. The molecule has 7 nitrogen and oxygen atoms in total. The number of ether oxygens (including phenoxy) is 2.